The van der Waals surface area contributed by atoms with Gasteiger partial charge in [0.1, 0.15) is 5.75 Å². The number of amides is 2. The Balaban J connectivity index is 1.46. The molecule has 1 atom stereocenters. The summed E-state index contributed by atoms with van der Waals surface area (Å²) in [5, 5.41) is 0.465. The van der Waals surface area contributed by atoms with Crippen molar-refractivity contribution >= 4 is 40.9 Å². The van der Waals surface area contributed by atoms with E-state index >= 15 is 0 Å². The summed E-state index contributed by atoms with van der Waals surface area (Å²) < 4.78 is 11.0. The summed E-state index contributed by atoms with van der Waals surface area (Å²) in [7, 11) is 1.44. The first-order valence-electron chi connectivity index (χ1n) is 11.6. The number of fused-ring (bicyclic) bond motifs is 1. The molecule has 38 heavy (non-hydrogen) atoms. The van der Waals surface area contributed by atoms with Gasteiger partial charge in [-0.2, -0.15) is 0 Å². The molecule has 5 rings (SSSR count). The van der Waals surface area contributed by atoms with Gasteiger partial charge in [-0.1, -0.05) is 66.2 Å². The quantitative estimate of drug-likeness (QED) is 0.169. The number of ether oxygens (including phenoxy) is 2. The zero-order valence-electron chi connectivity index (χ0n) is 20.1. The SMILES string of the molecule is COc1ccccc1N1C(=O)c2ccc(C(=O)O[C@H](C(=O)c3ccccc3)c3ccc(Cl)cc3)cc2C1=O. The van der Waals surface area contributed by atoms with Crippen LogP contribution in [0.5, 0.6) is 5.75 Å². The topological polar surface area (TPSA) is 90.0 Å². The van der Waals surface area contributed by atoms with E-state index in [0.29, 0.717) is 27.6 Å². The second-order valence-electron chi connectivity index (χ2n) is 8.45. The Kier molecular flexibility index (Phi) is 6.77. The van der Waals surface area contributed by atoms with E-state index in [1.807, 2.05) is 0 Å². The lowest BCUT2D eigenvalue weighted by molar-refractivity contribution is 0.0280. The lowest BCUT2D eigenvalue weighted by Gasteiger charge is -2.18. The fourth-order valence-electron chi connectivity index (χ4n) is 4.24. The summed E-state index contributed by atoms with van der Waals surface area (Å²) >= 11 is 6.01. The van der Waals surface area contributed by atoms with Crippen LogP contribution in [0.3, 0.4) is 0 Å². The molecule has 0 fully saturated rings. The number of carbonyl (C=O) groups is 4. The summed E-state index contributed by atoms with van der Waals surface area (Å²) in [6.45, 7) is 0. The minimum Gasteiger partial charge on any atom is -0.495 e. The van der Waals surface area contributed by atoms with Crippen molar-refractivity contribution in [2.75, 3.05) is 12.0 Å². The average Bonchev–Trinajstić information content (AvgIpc) is 3.20. The number of anilines is 1. The number of hydrogen-bond acceptors (Lipinski definition) is 6. The van der Waals surface area contributed by atoms with E-state index in [1.54, 1.807) is 78.9 Å². The second kappa shape index (κ2) is 10.3. The van der Waals surface area contributed by atoms with Crippen LogP contribution in [0.25, 0.3) is 0 Å². The zero-order valence-corrected chi connectivity index (χ0v) is 20.8. The van der Waals surface area contributed by atoms with Crippen LogP contribution in [0, 0.1) is 0 Å². The minimum atomic E-state index is -1.25. The van der Waals surface area contributed by atoms with Gasteiger partial charge in [-0.15, -0.1) is 0 Å². The van der Waals surface area contributed by atoms with Gasteiger partial charge in [-0.05, 0) is 42.5 Å². The summed E-state index contributed by atoms with van der Waals surface area (Å²) in [6, 6.07) is 25.6. The molecule has 1 heterocycles. The maximum absolute atomic E-state index is 13.3. The molecule has 2 amide bonds. The Labute approximate surface area is 223 Å². The monoisotopic (exact) mass is 525 g/mol. The Morgan fingerprint density at radius 2 is 1.42 bits per heavy atom. The number of benzene rings is 4. The molecule has 0 spiro atoms. The highest BCUT2D eigenvalue weighted by Crippen LogP contribution is 2.35. The van der Waals surface area contributed by atoms with Crippen LogP contribution in [0.4, 0.5) is 5.69 Å². The van der Waals surface area contributed by atoms with E-state index in [0.717, 1.165) is 4.90 Å². The van der Waals surface area contributed by atoms with Gasteiger partial charge >= 0.3 is 5.97 Å². The molecule has 7 nitrogen and oxygen atoms in total. The molecule has 0 saturated heterocycles. The highest BCUT2D eigenvalue weighted by atomic mass is 35.5. The number of para-hydroxylation sites is 2. The average molecular weight is 526 g/mol. The van der Waals surface area contributed by atoms with E-state index in [2.05, 4.69) is 0 Å². The van der Waals surface area contributed by atoms with Gasteiger partial charge in [-0.25, -0.2) is 9.69 Å². The van der Waals surface area contributed by atoms with Gasteiger partial charge in [-0.3, -0.25) is 14.4 Å². The lowest BCUT2D eigenvalue weighted by Crippen LogP contribution is -2.29. The first-order chi connectivity index (χ1) is 18.4. The third-order valence-electron chi connectivity index (χ3n) is 6.14. The molecule has 1 aliphatic rings. The van der Waals surface area contributed by atoms with E-state index in [-0.39, 0.29) is 16.7 Å². The van der Waals surface area contributed by atoms with Crippen LogP contribution < -0.4 is 9.64 Å². The molecule has 1 aliphatic heterocycles. The second-order valence-corrected chi connectivity index (χ2v) is 8.88. The van der Waals surface area contributed by atoms with Crippen molar-refractivity contribution in [2.45, 2.75) is 6.10 Å². The van der Waals surface area contributed by atoms with Gasteiger partial charge < -0.3 is 9.47 Å². The van der Waals surface area contributed by atoms with Crippen molar-refractivity contribution in [3.05, 3.63) is 130 Å². The number of halogens is 1. The van der Waals surface area contributed by atoms with Crippen molar-refractivity contribution in [3.63, 3.8) is 0 Å². The van der Waals surface area contributed by atoms with Crippen LogP contribution in [0.1, 0.15) is 53.1 Å². The fraction of sp³-hybridized carbons (Fsp3) is 0.0667. The van der Waals surface area contributed by atoms with Gasteiger partial charge in [0.15, 0.2) is 6.10 Å². The molecule has 4 aromatic carbocycles. The highest BCUT2D eigenvalue weighted by molar-refractivity contribution is 6.35. The third kappa shape index (κ3) is 4.55. The van der Waals surface area contributed by atoms with Crippen LogP contribution in [-0.4, -0.2) is 30.7 Å². The molecule has 0 radical (unpaired) electrons. The standard InChI is InChI=1S/C30H20ClNO6/c1-37-25-10-6-5-9-24(25)32-28(34)22-16-13-20(17-23(22)29(32)35)30(36)38-27(19-11-14-21(31)15-12-19)26(33)18-7-3-2-4-8-18/h2-17,27H,1H3/t27-/m0/s1. The maximum Gasteiger partial charge on any atom is 0.339 e. The number of hydrogen-bond donors (Lipinski definition) is 0. The predicted molar refractivity (Wildman–Crippen MR) is 141 cm³/mol. The first-order valence-corrected chi connectivity index (χ1v) is 12.0. The number of methoxy groups -OCH3 is 1. The summed E-state index contributed by atoms with van der Waals surface area (Å²) in [4.78, 5) is 53.9. The van der Waals surface area contributed by atoms with Crippen LogP contribution in [-0.2, 0) is 4.74 Å². The normalized spacial score (nSPS) is 13.2. The van der Waals surface area contributed by atoms with Gasteiger partial charge in [0.25, 0.3) is 11.8 Å². The zero-order chi connectivity index (χ0) is 26.8. The number of ketones is 1. The van der Waals surface area contributed by atoms with Gasteiger partial charge in [0, 0.05) is 16.1 Å². The Hall–Kier alpha value is -4.75. The molecule has 0 unspecified atom stereocenters. The molecule has 0 N–H and O–H groups in total. The molecule has 4 aromatic rings. The number of rotatable bonds is 7. The van der Waals surface area contributed by atoms with Gasteiger partial charge in [0.05, 0.1) is 29.5 Å². The number of carbonyl (C=O) groups excluding carboxylic acids is 4. The van der Waals surface area contributed by atoms with Crippen molar-refractivity contribution in [2.24, 2.45) is 0 Å². The third-order valence-corrected chi connectivity index (χ3v) is 6.39. The fourth-order valence-corrected chi connectivity index (χ4v) is 4.37. The van der Waals surface area contributed by atoms with Crippen molar-refractivity contribution in [3.8, 4) is 5.75 Å². The Morgan fingerprint density at radius 3 is 2.13 bits per heavy atom. The lowest BCUT2D eigenvalue weighted by atomic mass is 9.99. The van der Waals surface area contributed by atoms with Gasteiger partial charge in [0.2, 0.25) is 5.78 Å². The first kappa shape index (κ1) is 24.9. The minimum absolute atomic E-state index is 0.0200. The van der Waals surface area contributed by atoms with Crippen LogP contribution >= 0.6 is 11.6 Å². The molecule has 0 bridgehead atoms. The Bertz CT molecular complexity index is 1570. The number of esters is 1. The maximum atomic E-state index is 13.3. The van der Waals surface area contributed by atoms with Crippen molar-refractivity contribution in [1.82, 2.24) is 0 Å². The van der Waals surface area contributed by atoms with E-state index in [1.165, 1.54) is 25.3 Å². The predicted octanol–water partition coefficient (Wildman–Crippen LogP) is 5.93. The molecule has 0 aromatic heterocycles. The van der Waals surface area contributed by atoms with Crippen LogP contribution in [0.15, 0.2) is 97.1 Å². The van der Waals surface area contributed by atoms with Crippen LogP contribution in [0.2, 0.25) is 5.02 Å². The molecular formula is C30H20ClNO6. The Morgan fingerprint density at radius 1 is 0.763 bits per heavy atom. The largest absolute Gasteiger partial charge is 0.495 e. The highest BCUT2D eigenvalue weighted by Gasteiger charge is 2.39. The smallest absolute Gasteiger partial charge is 0.339 e. The molecule has 8 heteroatoms. The van der Waals surface area contributed by atoms with E-state index < -0.39 is 29.7 Å². The molecule has 188 valence electrons. The van der Waals surface area contributed by atoms with Crippen molar-refractivity contribution in [1.29, 1.82) is 0 Å². The number of Topliss-reactive ketones (excluding diaryl/α,β-unsaturated/α-hetero) is 1. The van der Waals surface area contributed by atoms with E-state index in [9.17, 15) is 19.2 Å². The summed E-state index contributed by atoms with van der Waals surface area (Å²) in [6.07, 6.45) is -1.25. The van der Waals surface area contributed by atoms with Crippen molar-refractivity contribution < 1.29 is 28.7 Å². The molecule has 0 saturated carbocycles. The summed E-state index contributed by atoms with van der Waals surface area (Å²) in [5.74, 6) is -2.03. The van der Waals surface area contributed by atoms with E-state index in [4.69, 9.17) is 21.1 Å². The summed E-state index contributed by atoms with van der Waals surface area (Å²) in [5.41, 5.74) is 1.31. The molecular weight excluding hydrogens is 506 g/mol. The molecule has 0 aliphatic carbocycles. The number of nitrogens with zero attached hydrogens (tertiary/aromatic N) is 1. The number of imide groups is 1.